The molecule has 0 aliphatic rings. The number of nitrogens with one attached hydrogen (secondary N) is 1. The molecule has 0 saturated carbocycles. The molecule has 1 aromatic carbocycles. The lowest BCUT2D eigenvalue weighted by molar-refractivity contribution is 0.0693. The number of anilines is 1. The van der Waals surface area contributed by atoms with Crippen LogP contribution >= 0.6 is 0 Å². The zero-order valence-electron chi connectivity index (χ0n) is 9.76. The van der Waals surface area contributed by atoms with Crippen molar-refractivity contribution >= 4 is 21.9 Å². The molecule has 10 heteroatoms. The normalized spacial score (nSPS) is 11.0. The van der Waals surface area contributed by atoms with E-state index < -0.39 is 27.3 Å². The first-order chi connectivity index (χ1) is 9.40. The monoisotopic (exact) mass is 296 g/mol. The quantitative estimate of drug-likeness (QED) is 0.719. The Bertz CT molecular complexity index is 747. The van der Waals surface area contributed by atoms with Crippen molar-refractivity contribution in [1.82, 2.24) is 15.2 Å². The van der Waals surface area contributed by atoms with Gasteiger partial charge >= 0.3 is 5.97 Å². The zero-order valence-corrected chi connectivity index (χ0v) is 10.6. The Hall–Kier alpha value is -2.75. The van der Waals surface area contributed by atoms with Gasteiger partial charge in [0.15, 0.2) is 0 Å². The van der Waals surface area contributed by atoms with E-state index >= 15 is 0 Å². The van der Waals surface area contributed by atoms with E-state index in [1.54, 1.807) is 0 Å². The zero-order chi connectivity index (χ0) is 14.8. The highest BCUT2D eigenvalue weighted by atomic mass is 32.2. The number of aromatic carboxylic acids is 1. The van der Waals surface area contributed by atoms with Crippen molar-refractivity contribution in [2.75, 3.05) is 4.72 Å². The van der Waals surface area contributed by atoms with Gasteiger partial charge in [0.05, 0.1) is 17.3 Å². The molecule has 0 fully saturated rings. The Labute approximate surface area is 113 Å². The number of nitrogens with zero attached hydrogens (tertiary/aromatic N) is 3. The minimum Gasteiger partial charge on any atom is -0.507 e. The molecule has 0 aliphatic heterocycles. The first-order valence-electron chi connectivity index (χ1n) is 5.13. The molecule has 2 rings (SSSR count). The maximum absolute atomic E-state index is 12.0. The number of hydrogen-bond donors (Lipinski definition) is 3. The van der Waals surface area contributed by atoms with Gasteiger partial charge in [-0.15, -0.1) is 5.10 Å². The molecule has 0 spiro atoms. The average molecular weight is 296 g/mol. The van der Waals surface area contributed by atoms with E-state index in [0.29, 0.717) is 0 Å². The van der Waals surface area contributed by atoms with E-state index in [2.05, 4.69) is 15.2 Å². The fourth-order valence-corrected chi connectivity index (χ4v) is 2.30. The number of phenols is 1. The number of rotatable bonds is 4. The topological polar surface area (TPSA) is 142 Å². The second-order valence-electron chi connectivity index (χ2n) is 3.56. The van der Waals surface area contributed by atoms with E-state index in [4.69, 9.17) is 5.11 Å². The Morgan fingerprint density at radius 3 is 2.60 bits per heavy atom. The molecule has 0 bridgehead atoms. The van der Waals surface area contributed by atoms with Crippen molar-refractivity contribution in [3.8, 4) is 5.75 Å². The SMILES string of the molecule is O=C(O)c1cc(S(=O)(=O)Nc2nccnn2)ccc1O. The predicted molar refractivity (Wildman–Crippen MR) is 65.7 cm³/mol. The summed E-state index contributed by atoms with van der Waals surface area (Å²) in [7, 11) is -4.08. The number of hydrogen-bond acceptors (Lipinski definition) is 7. The van der Waals surface area contributed by atoms with E-state index in [1.807, 2.05) is 4.72 Å². The summed E-state index contributed by atoms with van der Waals surface area (Å²) in [6.07, 6.45) is 2.51. The molecule has 0 radical (unpaired) electrons. The van der Waals surface area contributed by atoms with Gasteiger partial charge in [0.2, 0.25) is 0 Å². The average Bonchev–Trinajstić information content (AvgIpc) is 2.39. The first-order valence-corrected chi connectivity index (χ1v) is 6.61. The van der Waals surface area contributed by atoms with Crippen LogP contribution in [0.4, 0.5) is 5.95 Å². The van der Waals surface area contributed by atoms with Crippen LogP contribution in [0.15, 0.2) is 35.5 Å². The van der Waals surface area contributed by atoms with Crippen molar-refractivity contribution < 1.29 is 23.4 Å². The summed E-state index contributed by atoms with van der Waals surface area (Å²) in [6, 6.07) is 2.86. The molecule has 3 N–H and O–H groups in total. The second-order valence-corrected chi connectivity index (χ2v) is 5.24. The van der Waals surface area contributed by atoms with Crippen LogP contribution in [-0.2, 0) is 10.0 Å². The van der Waals surface area contributed by atoms with Crippen molar-refractivity contribution in [2.24, 2.45) is 0 Å². The number of carbonyl (C=O) groups is 1. The number of aromatic nitrogens is 3. The largest absolute Gasteiger partial charge is 0.507 e. The van der Waals surface area contributed by atoms with E-state index in [-0.39, 0.29) is 10.8 Å². The molecule has 104 valence electrons. The lowest BCUT2D eigenvalue weighted by Crippen LogP contribution is -2.16. The smallest absolute Gasteiger partial charge is 0.339 e. The number of sulfonamides is 1. The van der Waals surface area contributed by atoms with Crippen molar-refractivity contribution in [2.45, 2.75) is 4.90 Å². The van der Waals surface area contributed by atoms with E-state index in [9.17, 15) is 18.3 Å². The summed E-state index contributed by atoms with van der Waals surface area (Å²) in [5.41, 5.74) is -0.528. The van der Waals surface area contributed by atoms with Crippen molar-refractivity contribution in [1.29, 1.82) is 0 Å². The summed E-state index contributed by atoms with van der Waals surface area (Å²) in [6.45, 7) is 0. The third-order valence-electron chi connectivity index (χ3n) is 2.22. The molecule has 9 nitrogen and oxygen atoms in total. The standard InChI is InChI=1S/C10H8N4O5S/c15-8-2-1-6(5-7(8)9(16)17)20(18,19)14-10-11-3-4-12-13-10/h1-5,15H,(H,16,17)(H,11,13,14). The molecule has 2 aromatic rings. The summed E-state index contributed by atoms with van der Waals surface area (Å²) >= 11 is 0. The summed E-state index contributed by atoms with van der Waals surface area (Å²) in [5, 5.41) is 25.1. The van der Waals surface area contributed by atoms with Crippen molar-refractivity contribution in [3.63, 3.8) is 0 Å². The van der Waals surface area contributed by atoms with Gasteiger partial charge in [-0.05, 0) is 18.2 Å². The van der Waals surface area contributed by atoms with Crippen LogP contribution in [-0.4, -0.2) is 39.8 Å². The highest BCUT2D eigenvalue weighted by Gasteiger charge is 2.19. The van der Waals surface area contributed by atoms with Crippen LogP contribution in [0.2, 0.25) is 0 Å². The molecule has 0 unspecified atom stereocenters. The fraction of sp³-hybridized carbons (Fsp3) is 0. The lowest BCUT2D eigenvalue weighted by atomic mass is 10.2. The molecule has 0 amide bonds. The Balaban J connectivity index is 2.40. The molecular weight excluding hydrogens is 288 g/mol. The molecule has 1 heterocycles. The van der Waals surface area contributed by atoms with Gasteiger partial charge in [-0.3, -0.25) is 0 Å². The second kappa shape index (κ2) is 5.09. The molecule has 0 saturated heterocycles. The van der Waals surface area contributed by atoms with Crippen molar-refractivity contribution in [3.05, 3.63) is 36.2 Å². The first kappa shape index (κ1) is 13.7. The maximum Gasteiger partial charge on any atom is 0.339 e. The molecule has 0 atom stereocenters. The van der Waals surface area contributed by atoms with Gasteiger partial charge in [0.25, 0.3) is 16.0 Å². The van der Waals surface area contributed by atoms with Gasteiger partial charge in [0.1, 0.15) is 11.3 Å². The lowest BCUT2D eigenvalue weighted by Gasteiger charge is -2.07. The van der Waals surface area contributed by atoms with Gasteiger partial charge in [-0.2, -0.15) is 5.10 Å². The third kappa shape index (κ3) is 2.80. The summed E-state index contributed by atoms with van der Waals surface area (Å²) < 4.78 is 26.0. The van der Waals surface area contributed by atoms with Gasteiger partial charge in [-0.25, -0.2) is 22.9 Å². The van der Waals surface area contributed by atoms with Crippen LogP contribution in [0.1, 0.15) is 10.4 Å². The molecular formula is C10H8N4O5S. The fourth-order valence-electron chi connectivity index (χ4n) is 1.33. The number of carboxylic acids is 1. The molecule has 1 aromatic heterocycles. The van der Waals surface area contributed by atoms with Crippen LogP contribution in [0.5, 0.6) is 5.75 Å². The van der Waals surface area contributed by atoms with Crippen LogP contribution < -0.4 is 4.72 Å². The van der Waals surface area contributed by atoms with Crippen LogP contribution in [0.3, 0.4) is 0 Å². The molecule has 0 aliphatic carbocycles. The van der Waals surface area contributed by atoms with E-state index in [0.717, 1.165) is 18.2 Å². The highest BCUT2D eigenvalue weighted by molar-refractivity contribution is 7.92. The number of aromatic hydroxyl groups is 1. The van der Waals surface area contributed by atoms with E-state index in [1.165, 1.54) is 12.4 Å². The number of carboxylic acid groups (broad SMARTS) is 1. The van der Waals surface area contributed by atoms with Crippen LogP contribution in [0, 0.1) is 0 Å². The Morgan fingerprint density at radius 2 is 2.00 bits per heavy atom. The predicted octanol–water partition coefficient (Wildman–Crippen LogP) is 0.0762. The molecule has 20 heavy (non-hydrogen) atoms. The maximum atomic E-state index is 12.0. The third-order valence-corrected chi connectivity index (χ3v) is 3.54. The van der Waals surface area contributed by atoms with Gasteiger partial charge in [0, 0.05) is 0 Å². The van der Waals surface area contributed by atoms with Crippen LogP contribution in [0.25, 0.3) is 0 Å². The minimum absolute atomic E-state index is 0.252. The minimum atomic E-state index is -4.08. The van der Waals surface area contributed by atoms with Gasteiger partial charge in [-0.1, -0.05) is 0 Å². The Kier molecular flexibility index (Phi) is 3.48. The van der Waals surface area contributed by atoms with Gasteiger partial charge < -0.3 is 10.2 Å². The number of benzene rings is 1. The summed E-state index contributed by atoms with van der Waals surface area (Å²) in [4.78, 5) is 14.1. The Morgan fingerprint density at radius 1 is 1.25 bits per heavy atom. The summed E-state index contributed by atoms with van der Waals surface area (Å²) in [5.74, 6) is -2.23. The highest BCUT2D eigenvalue weighted by Crippen LogP contribution is 2.22.